The molecule has 1 N–H and O–H groups in total. The quantitative estimate of drug-likeness (QED) is 0.640. The monoisotopic (exact) mass is 435 g/mol. The Balaban J connectivity index is 1.33. The second-order valence-electron chi connectivity index (χ2n) is 8.37. The fourth-order valence-corrected chi connectivity index (χ4v) is 4.21. The average Bonchev–Trinajstić information content (AvgIpc) is 2.93. The van der Waals surface area contributed by atoms with Gasteiger partial charge in [-0.3, -0.25) is 14.6 Å². The van der Waals surface area contributed by atoms with E-state index in [2.05, 4.69) is 20.2 Å². The van der Waals surface area contributed by atoms with Crippen molar-refractivity contribution < 1.29 is 9.18 Å². The van der Waals surface area contributed by atoms with Crippen LogP contribution in [-0.2, 0) is 11.3 Å². The number of anilines is 1. The highest BCUT2D eigenvalue weighted by atomic mass is 19.1. The van der Waals surface area contributed by atoms with E-state index in [1.54, 1.807) is 0 Å². The normalized spacial score (nSPS) is 15.5. The molecule has 1 amide bonds. The molecule has 4 rings (SSSR count). The van der Waals surface area contributed by atoms with Gasteiger partial charge in [0.15, 0.2) is 0 Å². The van der Waals surface area contributed by atoms with Crippen molar-refractivity contribution in [2.24, 2.45) is 0 Å². The molecule has 0 aliphatic carbocycles. The third kappa shape index (κ3) is 5.41. The van der Waals surface area contributed by atoms with Crippen LogP contribution < -0.4 is 5.32 Å². The SMILES string of the molecule is Cc1nn(-c2ccccc2)c(C)c1NC(=O)CN1CCCN(Cc2ccc(F)cc2)CC1. The summed E-state index contributed by atoms with van der Waals surface area (Å²) in [7, 11) is 0. The molecule has 1 aromatic heterocycles. The number of benzene rings is 2. The Morgan fingerprint density at radius 3 is 2.41 bits per heavy atom. The van der Waals surface area contributed by atoms with Crippen molar-refractivity contribution in [2.75, 3.05) is 38.0 Å². The lowest BCUT2D eigenvalue weighted by molar-refractivity contribution is -0.117. The number of hydrogen-bond donors (Lipinski definition) is 1. The minimum absolute atomic E-state index is 0.0178. The molecule has 168 valence electrons. The van der Waals surface area contributed by atoms with Gasteiger partial charge in [-0.2, -0.15) is 5.10 Å². The number of amides is 1. The van der Waals surface area contributed by atoms with Crippen LogP contribution in [0.25, 0.3) is 5.69 Å². The number of para-hydroxylation sites is 1. The molecule has 3 aromatic rings. The topological polar surface area (TPSA) is 53.4 Å². The van der Waals surface area contributed by atoms with Gasteiger partial charge in [0, 0.05) is 19.6 Å². The Hall–Kier alpha value is -3.03. The summed E-state index contributed by atoms with van der Waals surface area (Å²) >= 11 is 0. The smallest absolute Gasteiger partial charge is 0.238 e. The molecule has 2 heterocycles. The van der Waals surface area contributed by atoms with E-state index >= 15 is 0 Å². The lowest BCUT2D eigenvalue weighted by Crippen LogP contribution is -2.36. The summed E-state index contributed by atoms with van der Waals surface area (Å²) in [5, 5.41) is 7.69. The zero-order valence-corrected chi connectivity index (χ0v) is 18.7. The van der Waals surface area contributed by atoms with Crippen LogP contribution >= 0.6 is 0 Å². The molecule has 0 atom stereocenters. The minimum atomic E-state index is -0.207. The molecule has 0 unspecified atom stereocenters. The van der Waals surface area contributed by atoms with Crippen molar-refractivity contribution in [3.8, 4) is 5.69 Å². The molecule has 1 aliphatic heterocycles. The van der Waals surface area contributed by atoms with Crippen LogP contribution in [0.15, 0.2) is 54.6 Å². The summed E-state index contributed by atoms with van der Waals surface area (Å²) in [6, 6.07) is 16.6. The maximum atomic E-state index is 13.1. The van der Waals surface area contributed by atoms with Crippen LogP contribution in [0, 0.1) is 19.7 Å². The molecule has 7 heteroatoms. The molecule has 0 spiro atoms. The van der Waals surface area contributed by atoms with Gasteiger partial charge >= 0.3 is 0 Å². The van der Waals surface area contributed by atoms with Gasteiger partial charge in [-0.05, 0) is 63.2 Å². The van der Waals surface area contributed by atoms with Crippen LogP contribution in [0.4, 0.5) is 10.1 Å². The molecular weight excluding hydrogens is 405 g/mol. The summed E-state index contributed by atoms with van der Waals surface area (Å²) in [6.45, 7) is 8.62. The fourth-order valence-electron chi connectivity index (χ4n) is 4.21. The minimum Gasteiger partial charge on any atom is -0.322 e. The van der Waals surface area contributed by atoms with E-state index in [0.717, 1.165) is 67.5 Å². The van der Waals surface area contributed by atoms with Crippen LogP contribution in [-0.4, -0.2) is 58.2 Å². The van der Waals surface area contributed by atoms with E-state index in [0.29, 0.717) is 6.54 Å². The predicted octanol–water partition coefficient (Wildman–Crippen LogP) is 3.77. The Kier molecular flexibility index (Phi) is 6.97. The third-order valence-corrected chi connectivity index (χ3v) is 5.92. The lowest BCUT2D eigenvalue weighted by Gasteiger charge is -2.21. The number of aromatic nitrogens is 2. The highest BCUT2D eigenvalue weighted by molar-refractivity contribution is 5.93. The molecule has 6 nitrogen and oxygen atoms in total. The van der Waals surface area contributed by atoms with Gasteiger partial charge in [0.2, 0.25) is 5.91 Å². The van der Waals surface area contributed by atoms with Crippen molar-refractivity contribution in [3.05, 3.63) is 77.4 Å². The zero-order valence-electron chi connectivity index (χ0n) is 18.7. The molecule has 1 saturated heterocycles. The van der Waals surface area contributed by atoms with E-state index in [1.807, 2.05) is 61.0 Å². The number of carbonyl (C=O) groups excluding carboxylic acids is 1. The largest absolute Gasteiger partial charge is 0.322 e. The van der Waals surface area contributed by atoms with Crippen LogP contribution in [0.2, 0.25) is 0 Å². The molecular formula is C25H30FN5O. The Morgan fingerprint density at radius 1 is 0.969 bits per heavy atom. The predicted molar refractivity (Wildman–Crippen MR) is 124 cm³/mol. The van der Waals surface area contributed by atoms with Crippen molar-refractivity contribution in [1.82, 2.24) is 19.6 Å². The van der Waals surface area contributed by atoms with Crippen molar-refractivity contribution in [1.29, 1.82) is 0 Å². The summed E-state index contributed by atoms with van der Waals surface area (Å²) in [5.74, 6) is -0.225. The van der Waals surface area contributed by atoms with E-state index < -0.39 is 0 Å². The fraction of sp³-hybridized carbons (Fsp3) is 0.360. The van der Waals surface area contributed by atoms with E-state index in [9.17, 15) is 9.18 Å². The molecule has 32 heavy (non-hydrogen) atoms. The standard InChI is InChI=1S/C25H30FN5O/c1-19-25(20(2)31(28-19)23-7-4-3-5-8-23)27-24(32)18-30-14-6-13-29(15-16-30)17-21-9-11-22(26)12-10-21/h3-5,7-12H,6,13-18H2,1-2H3,(H,27,32). The van der Waals surface area contributed by atoms with E-state index in [1.165, 1.54) is 12.1 Å². The van der Waals surface area contributed by atoms with Crippen LogP contribution in [0.5, 0.6) is 0 Å². The first-order valence-corrected chi connectivity index (χ1v) is 11.1. The Bertz CT molecular complexity index is 1050. The highest BCUT2D eigenvalue weighted by Crippen LogP contribution is 2.22. The average molecular weight is 436 g/mol. The van der Waals surface area contributed by atoms with Gasteiger partial charge in [-0.15, -0.1) is 0 Å². The Labute approximate surface area is 188 Å². The van der Waals surface area contributed by atoms with Gasteiger partial charge in [-0.25, -0.2) is 9.07 Å². The number of rotatable bonds is 6. The van der Waals surface area contributed by atoms with Gasteiger partial charge in [0.25, 0.3) is 0 Å². The second kappa shape index (κ2) is 10.1. The first-order chi connectivity index (χ1) is 15.5. The molecule has 0 radical (unpaired) electrons. The zero-order chi connectivity index (χ0) is 22.5. The van der Waals surface area contributed by atoms with Crippen LogP contribution in [0.1, 0.15) is 23.4 Å². The lowest BCUT2D eigenvalue weighted by atomic mass is 10.2. The van der Waals surface area contributed by atoms with Gasteiger partial charge < -0.3 is 5.32 Å². The number of nitrogens with one attached hydrogen (secondary N) is 1. The van der Waals surface area contributed by atoms with Gasteiger partial charge in [-0.1, -0.05) is 30.3 Å². The number of hydrogen-bond acceptors (Lipinski definition) is 4. The number of aryl methyl sites for hydroxylation is 1. The molecule has 0 bridgehead atoms. The third-order valence-electron chi connectivity index (χ3n) is 5.92. The number of carbonyl (C=O) groups is 1. The molecule has 0 saturated carbocycles. The first-order valence-electron chi connectivity index (χ1n) is 11.1. The summed E-state index contributed by atoms with van der Waals surface area (Å²) in [5.41, 5.74) is 4.59. The van der Waals surface area contributed by atoms with Crippen molar-refractivity contribution >= 4 is 11.6 Å². The molecule has 2 aromatic carbocycles. The summed E-state index contributed by atoms with van der Waals surface area (Å²) < 4.78 is 15.0. The first kappa shape index (κ1) is 22.2. The highest BCUT2D eigenvalue weighted by Gasteiger charge is 2.20. The van der Waals surface area contributed by atoms with Gasteiger partial charge in [0.05, 0.1) is 29.3 Å². The molecule has 1 aliphatic rings. The Morgan fingerprint density at radius 2 is 1.66 bits per heavy atom. The summed E-state index contributed by atoms with van der Waals surface area (Å²) in [4.78, 5) is 17.4. The second-order valence-corrected chi connectivity index (χ2v) is 8.37. The molecule has 1 fully saturated rings. The number of halogens is 1. The van der Waals surface area contributed by atoms with Crippen molar-refractivity contribution in [3.63, 3.8) is 0 Å². The maximum Gasteiger partial charge on any atom is 0.238 e. The van der Waals surface area contributed by atoms with Crippen molar-refractivity contribution in [2.45, 2.75) is 26.8 Å². The number of nitrogens with zero attached hydrogens (tertiary/aromatic N) is 4. The van der Waals surface area contributed by atoms with Crippen LogP contribution in [0.3, 0.4) is 0 Å². The van der Waals surface area contributed by atoms with E-state index in [4.69, 9.17) is 0 Å². The maximum absolute atomic E-state index is 13.1. The summed E-state index contributed by atoms with van der Waals surface area (Å²) in [6.07, 6.45) is 0.998. The van der Waals surface area contributed by atoms with E-state index in [-0.39, 0.29) is 11.7 Å². The van der Waals surface area contributed by atoms with Gasteiger partial charge in [0.1, 0.15) is 5.82 Å².